The maximum Gasteiger partial charge on any atom is 0.234 e. The van der Waals surface area contributed by atoms with Crippen LogP contribution in [0, 0.1) is 17.6 Å². The third-order valence-corrected chi connectivity index (χ3v) is 3.29. The minimum absolute atomic E-state index is 0.320. The molecule has 0 aromatic heterocycles. The molecule has 7 heteroatoms. The van der Waals surface area contributed by atoms with Gasteiger partial charge in [-0.1, -0.05) is 6.92 Å². The van der Waals surface area contributed by atoms with Crippen LogP contribution in [0.3, 0.4) is 0 Å². The molecule has 2 aromatic carbocycles. The van der Waals surface area contributed by atoms with Crippen LogP contribution in [0.15, 0.2) is 42.5 Å². The Morgan fingerprint density at radius 3 is 2.24 bits per heavy atom. The largest absolute Gasteiger partial charge is 0.505 e. The molecule has 1 amide bonds. The topological polar surface area (TPSA) is 78.4 Å². The highest BCUT2D eigenvalue weighted by atomic mass is 19.1. The summed E-state index contributed by atoms with van der Waals surface area (Å²) in [6, 6.07) is 9.53. The first-order valence-electron chi connectivity index (χ1n) is 7.59. The number of phenolic OH excluding ortho intramolecular Hbond substituents is 1. The molecule has 0 fully saturated rings. The zero-order chi connectivity index (χ0) is 18.8. The van der Waals surface area contributed by atoms with Crippen LogP contribution >= 0.6 is 0 Å². The zero-order valence-electron chi connectivity index (χ0n) is 13.9. The molecule has 2 rings (SSSR count). The average Bonchev–Trinajstić information content (AvgIpc) is 2.61. The van der Waals surface area contributed by atoms with Crippen molar-refractivity contribution in [1.82, 2.24) is 0 Å². The molecule has 134 valence electrons. The molecule has 0 aliphatic carbocycles. The van der Waals surface area contributed by atoms with Crippen molar-refractivity contribution in [3.8, 4) is 5.75 Å². The molecule has 2 aromatic rings. The Balaban J connectivity index is 0.000000271. The molecule has 0 saturated carbocycles. The van der Waals surface area contributed by atoms with Crippen LogP contribution in [0.25, 0.3) is 0 Å². The Hall–Kier alpha value is -2.96. The molecule has 0 radical (unpaired) electrons. The molecule has 0 spiro atoms. The highest BCUT2D eigenvalue weighted by Gasteiger charge is 2.14. The van der Waals surface area contributed by atoms with E-state index in [-0.39, 0.29) is 17.5 Å². The number of aromatic hydroxyl groups is 1. The molecule has 0 aliphatic heterocycles. The van der Waals surface area contributed by atoms with E-state index >= 15 is 0 Å². The molecule has 0 aliphatic rings. The monoisotopic (exact) mass is 350 g/mol. The summed E-state index contributed by atoms with van der Waals surface area (Å²) < 4.78 is 25.0. The zero-order valence-corrected chi connectivity index (χ0v) is 13.9. The second-order valence-corrected chi connectivity index (χ2v) is 5.06. The minimum atomic E-state index is -0.643. The summed E-state index contributed by atoms with van der Waals surface area (Å²) in [5, 5.41) is 14.0. The molecule has 1 atom stereocenters. The van der Waals surface area contributed by atoms with Gasteiger partial charge in [-0.15, -0.1) is 0 Å². The number of carbonyl (C=O) groups excluding carboxylic acids is 2. The van der Waals surface area contributed by atoms with Crippen molar-refractivity contribution in [2.24, 2.45) is 5.92 Å². The van der Waals surface area contributed by atoms with Crippen molar-refractivity contribution in [2.75, 3.05) is 17.7 Å². The van der Waals surface area contributed by atoms with Gasteiger partial charge in [-0.25, -0.2) is 8.78 Å². The van der Waals surface area contributed by atoms with E-state index in [4.69, 9.17) is 5.11 Å². The SMILES string of the molecule is CCC(C=O)C(=O)Nc1ccc(F)cc1.CNc1ccc(O)c(F)c1. The van der Waals surface area contributed by atoms with E-state index in [1.165, 1.54) is 36.4 Å². The van der Waals surface area contributed by atoms with Crippen molar-refractivity contribution < 1.29 is 23.5 Å². The highest BCUT2D eigenvalue weighted by molar-refractivity contribution is 6.00. The smallest absolute Gasteiger partial charge is 0.234 e. The number of nitrogens with one attached hydrogen (secondary N) is 2. The van der Waals surface area contributed by atoms with Crippen molar-refractivity contribution in [2.45, 2.75) is 13.3 Å². The number of anilines is 2. The number of halogens is 2. The van der Waals surface area contributed by atoms with Crippen LogP contribution in [-0.2, 0) is 9.59 Å². The Labute approximate surface area is 144 Å². The third-order valence-electron chi connectivity index (χ3n) is 3.29. The van der Waals surface area contributed by atoms with Crippen molar-refractivity contribution in [1.29, 1.82) is 0 Å². The number of phenols is 1. The van der Waals surface area contributed by atoms with Crippen molar-refractivity contribution in [3.63, 3.8) is 0 Å². The summed E-state index contributed by atoms with van der Waals surface area (Å²) in [5.74, 6) is -2.30. The fourth-order valence-corrected chi connectivity index (χ4v) is 1.77. The van der Waals surface area contributed by atoms with Crippen LogP contribution in [0.2, 0.25) is 0 Å². The van der Waals surface area contributed by atoms with Gasteiger partial charge in [0.25, 0.3) is 0 Å². The Morgan fingerprint density at radius 2 is 1.76 bits per heavy atom. The summed E-state index contributed by atoms with van der Waals surface area (Å²) >= 11 is 0. The second-order valence-electron chi connectivity index (χ2n) is 5.06. The van der Waals surface area contributed by atoms with Gasteiger partial charge >= 0.3 is 0 Å². The van der Waals surface area contributed by atoms with E-state index in [0.717, 1.165) is 0 Å². The van der Waals surface area contributed by atoms with Crippen molar-refractivity contribution >= 4 is 23.6 Å². The first kappa shape index (κ1) is 20.1. The summed E-state index contributed by atoms with van der Waals surface area (Å²) in [4.78, 5) is 21.9. The fraction of sp³-hybridized carbons (Fsp3) is 0.222. The standard InChI is InChI=1S/C11H12FNO2.C7H8FNO/c1-2-8(7-14)11(15)13-10-5-3-9(12)4-6-10;1-9-5-2-3-7(10)6(8)4-5/h3-8H,2H2,1H3,(H,13,15);2-4,9-10H,1H3. The van der Waals surface area contributed by atoms with Gasteiger partial charge in [0.15, 0.2) is 11.6 Å². The summed E-state index contributed by atoms with van der Waals surface area (Å²) in [6.45, 7) is 1.75. The number of rotatable bonds is 5. The molecule has 1 unspecified atom stereocenters. The lowest BCUT2D eigenvalue weighted by Crippen LogP contribution is -2.23. The number of hydrogen-bond acceptors (Lipinski definition) is 4. The highest BCUT2D eigenvalue weighted by Crippen LogP contribution is 2.18. The van der Waals surface area contributed by atoms with Crippen LogP contribution in [0.1, 0.15) is 13.3 Å². The van der Waals surface area contributed by atoms with Gasteiger partial charge < -0.3 is 20.5 Å². The first-order valence-corrected chi connectivity index (χ1v) is 7.59. The summed E-state index contributed by atoms with van der Waals surface area (Å²) in [5.41, 5.74) is 1.14. The quantitative estimate of drug-likeness (QED) is 0.438. The van der Waals surface area contributed by atoms with Crippen LogP contribution in [-0.4, -0.2) is 24.3 Å². The number of amides is 1. The molecular weight excluding hydrogens is 330 g/mol. The summed E-state index contributed by atoms with van der Waals surface area (Å²) in [7, 11) is 1.69. The predicted octanol–water partition coefficient (Wildman–Crippen LogP) is 3.56. The normalized spacial score (nSPS) is 10.9. The lowest BCUT2D eigenvalue weighted by atomic mass is 10.1. The number of carbonyl (C=O) groups is 2. The predicted molar refractivity (Wildman–Crippen MR) is 92.5 cm³/mol. The van der Waals surface area contributed by atoms with Crippen LogP contribution in [0.5, 0.6) is 5.75 Å². The van der Waals surface area contributed by atoms with E-state index in [1.807, 2.05) is 0 Å². The van der Waals surface area contributed by atoms with E-state index in [9.17, 15) is 18.4 Å². The molecule has 0 saturated heterocycles. The minimum Gasteiger partial charge on any atom is -0.505 e. The number of benzene rings is 2. The molecule has 5 nitrogen and oxygen atoms in total. The van der Waals surface area contributed by atoms with Gasteiger partial charge in [0.2, 0.25) is 5.91 Å². The van der Waals surface area contributed by atoms with Crippen LogP contribution < -0.4 is 10.6 Å². The van der Waals surface area contributed by atoms with E-state index in [2.05, 4.69) is 10.6 Å². The van der Waals surface area contributed by atoms with Gasteiger partial charge in [0.05, 0.1) is 5.92 Å². The Bertz CT molecular complexity index is 706. The van der Waals surface area contributed by atoms with E-state index in [1.54, 1.807) is 20.0 Å². The maximum atomic E-state index is 12.5. The van der Waals surface area contributed by atoms with Crippen molar-refractivity contribution in [3.05, 3.63) is 54.1 Å². The van der Waals surface area contributed by atoms with Gasteiger partial charge in [0.1, 0.15) is 12.1 Å². The van der Waals surface area contributed by atoms with Crippen LogP contribution in [0.4, 0.5) is 20.2 Å². The molecule has 0 heterocycles. The van der Waals surface area contributed by atoms with E-state index in [0.29, 0.717) is 24.1 Å². The second kappa shape index (κ2) is 10.0. The molecule has 3 N–H and O–H groups in total. The van der Waals surface area contributed by atoms with Gasteiger partial charge in [0, 0.05) is 24.5 Å². The van der Waals surface area contributed by atoms with E-state index < -0.39 is 11.7 Å². The summed E-state index contributed by atoms with van der Waals surface area (Å²) in [6.07, 6.45) is 1.06. The lowest BCUT2D eigenvalue weighted by molar-refractivity contribution is -0.125. The molecular formula is C18H20F2N2O3. The Kier molecular flexibility index (Phi) is 8.05. The number of aldehydes is 1. The molecule has 25 heavy (non-hydrogen) atoms. The molecule has 0 bridgehead atoms. The van der Waals surface area contributed by atoms with Gasteiger partial charge in [-0.3, -0.25) is 4.79 Å². The number of hydrogen-bond donors (Lipinski definition) is 3. The van der Waals surface area contributed by atoms with Gasteiger partial charge in [-0.05, 0) is 42.8 Å². The van der Waals surface area contributed by atoms with Gasteiger partial charge in [-0.2, -0.15) is 0 Å². The first-order chi connectivity index (χ1) is 11.9. The Morgan fingerprint density at radius 1 is 1.16 bits per heavy atom. The average molecular weight is 350 g/mol. The maximum absolute atomic E-state index is 12.5. The third kappa shape index (κ3) is 6.58. The fourth-order valence-electron chi connectivity index (χ4n) is 1.77. The lowest BCUT2D eigenvalue weighted by Gasteiger charge is -2.08.